The van der Waals surface area contributed by atoms with Gasteiger partial charge in [-0.3, -0.25) is 0 Å². The van der Waals surface area contributed by atoms with E-state index < -0.39 is 0 Å². The van der Waals surface area contributed by atoms with Gasteiger partial charge in [0.05, 0.1) is 0 Å². The molecule has 0 fully saturated rings. The predicted octanol–water partition coefficient (Wildman–Crippen LogP) is 5.36. The van der Waals surface area contributed by atoms with Crippen LogP contribution >= 0.6 is 11.6 Å². The minimum Gasteiger partial charge on any atom is -0.370 e. The molecule has 0 spiro atoms. The third kappa shape index (κ3) is 5.10. The summed E-state index contributed by atoms with van der Waals surface area (Å²) < 4.78 is 0. The third-order valence-electron chi connectivity index (χ3n) is 2.89. The van der Waals surface area contributed by atoms with Gasteiger partial charge in [-0.1, -0.05) is 54.6 Å². The molecule has 2 heteroatoms. The molecule has 0 amide bonds. The Bertz CT molecular complexity index is 531. The molecule has 106 valence electrons. The highest BCUT2D eigenvalue weighted by molar-refractivity contribution is 6.30. The first kappa shape index (κ1) is 16.3. The van der Waals surface area contributed by atoms with E-state index in [4.69, 9.17) is 11.6 Å². The first-order chi connectivity index (χ1) is 9.43. The fourth-order valence-electron chi connectivity index (χ4n) is 1.78. The molecule has 0 bridgehead atoms. The quantitative estimate of drug-likeness (QED) is 0.636. The minimum absolute atomic E-state index is 0.757. The SMILES string of the molecule is C=CC(=C)/C(=C\C=C(C)C)N(C)Cc1ccc(Cl)cc1. The Morgan fingerprint density at radius 2 is 1.80 bits per heavy atom. The molecule has 1 rings (SSSR count). The van der Waals surface area contributed by atoms with Crippen molar-refractivity contribution >= 4 is 11.6 Å². The first-order valence-electron chi connectivity index (χ1n) is 6.56. The van der Waals surface area contributed by atoms with Crippen LogP contribution in [-0.2, 0) is 6.54 Å². The standard InChI is InChI=1S/C18H22ClN/c1-6-15(4)18(12-7-14(2)3)20(5)13-16-8-10-17(19)11-9-16/h6-12H,1,4,13H2,2-3,5H3/b18-12+. The number of hydrogen-bond donors (Lipinski definition) is 0. The molecule has 0 unspecified atom stereocenters. The molecule has 0 saturated carbocycles. The van der Waals surface area contributed by atoms with E-state index in [9.17, 15) is 0 Å². The van der Waals surface area contributed by atoms with Gasteiger partial charge < -0.3 is 4.90 Å². The van der Waals surface area contributed by atoms with Crippen LogP contribution in [0.5, 0.6) is 0 Å². The van der Waals surface area contributed by atoms with Crippen molar-refractivity contribution in [2.45, 2.75) is 20.4 Å². The van der Waals surface area contributed by atoms with Crippen LogP contribution in [0.15, 0.2) is 72.5 Å². The normalized spacial score (nSPS) is 10.9. The Labute approximate surface area is 127 Å². The topological polar surface area (TPSA) is 3.24 Å². The van der Waals surface area contributed by atoms with Crippen LogP contribution in [0.2, 0.25) is 5.02 Å². The Kier molecular flexibility index (Phi) is 6.33. The Balaban J connectivity index is 2.93. The zero-order valence-corrected chi connectivity index (χ0v) is 13.2. The van der Waals surface area contributed by atoms with Crippen LogP contribution in [0.25, 0.3) is 0 Å². The average Bonchev–Trinajstić information content (AvgIpc) is 2.41. The third-order valence-corrected chi connectivity index (χ3v) is 3.15. The number of benzene rings is 1. The summed E-state index contributed by atoms with van der Waals surface area (Å²) in [5.74, 6) is 0. The predicted molar refractivity (Wildman–Crippen MR) is 89.8 cm³/mol. The van der Waals surface area contributed by atoms with Gasteiger partial charge in [-0.05, 0) is 43.2 Å². The number of rotatable bonds is 6. The van der Waals surface area contributed by atoms with Gasteiger partial charge in [0, 0.05) is 24.3 Å². The second-order valence-corrected chi connectivity index (χ2v) is 5.44. The Hall–Kier alpha value is -1.73. The molecule has 0 N–H and O–H groups in total. The second kappa shape index (κ2) is 7.76. The van der Waals surface area contributed by atoms with Gasteiger partial charge in [-0.2, -0.15) is 0 Å². The average molecular weight is 288 g/mol. The molecule has 0 saturated heterocycles. The van der Waals surface area contributed by atoms with Gasteiger partial charge in [0.2, 0.25) is 0 Å². The zero-order valence-electron chi connectivity index (χ0n) is 12.5. The molecule has 0 atom stereocenters. The van der Waals surface area contributed by atoms with E-state index in [2.05, 4.69) is 44.1 Å². The van der Waals surface area contributed by atoms with Crippen LogP contribution in [0.1, 0.15) is 19.4 Å². The number of hydrogen-bond acceptors (Lipinski definition) is 1. The molecule has 0 aromatic heterocycles. The molecule has 1 aromatic rings. The summed E-state index contributed by atoms with van der Waals surface area (Å²) in [7, 11) is 2.05. The van der Waals surface area contributed by atoms with Crippen LogP contribution < -0.4 is 0 Å². The Morgan fingerprint density at radius 1 is 1.20 bits per heavy atom. The van der Waals surface area contributed by atoms with Crippen molar-refractivity contribution in [3.63, 3.8) is 0 Å². The van der Waals surface area contributed by atoms with Crippen molar-refractivity contribution in [3.8, 4) is 0 Å². The summed E-state index contributed by atoms with van der Waals surface area (Å²) in [5, 5.41) is 0.757. The molecule has 0 heterocycles. The smallest absolute Gasteiger partial charge is 0.0434 e. The summed E-state index contributed by atoms with van der Waals surface area (Å²) in [4.78, 5) is 2.16. The number of halogens is 1. The monoisotopic (exact) mass is 287 g/mol. The summed E-state index contributed by atoms with van der Waals surface area (Å²) >= 11 is 5.91. The second-order valence-electron chi connectivity index (χ2n) is 5.01. The maximum absolute atomic E-state index is 5.91. The van der Waals surface area contributed by atoms with E-state index in [0.717, 1.165) is 22.8 Å². The van der Waals surface area contributed by atoms with Crippen LogP contribution in [0, 0.1) is 0 Å². The molecule has 1 nitrogen and oxygen atoms in total. The molecule has 0 aliphatic heterocycles. The van der Waals surface area contributed by atoms with Crippen molar-refractivity contribution in [2.24, 2.45) is 0 Å². The van der Waals surface area contributed by atoms with Crippen LogP contribution in [0.3, 0.4) is 0 Å². The lowest BCUT2D eigenvalue weighted by molar-refractivity contribution is 0.421. The van der Waals surface area contributed by atoms with Crippen molar-refractivity contribution in [3.05, 3.63) is 83.1 Å². The molecular weight excluding hydrogens is 266 g/mol. The van der Waals surface area contributed by atoms with E-state index in [0.29, 0.717) is 0 Å². The van der Waals surface area contributed by atoms with Crippen molar-refractivity contribution in [1.29, 1.82) is 0 Å². The van der Waals surface area contributed by atoms with Gasteiger partial charge in [-0.15, -0.1) is 0 Å². The highest BCUT2D eigenvalue weighted by Gasteiger charge is 2.06. The van der Waals surface area contributed by atoms with Crippen LogP contribution in [0.4, 0.5) is 0 Å². The molecular formula is C18H22ClN. The van der Waals surface area contributed by atoms with E-state index in [1.54, 1.807) is 6.08 Å². The van der Waals surface area contributed by atoms with Crippen molar-refractivity contribution in [2.75, 3.05) is 7.05 Å². The molecule has 0 aliphatic rings. The zero-order chi connectivity index (χ0) is 15.1. The fraction of sp³-hybridized carbons (Fsp3) is 0.222. The van der Waals surface area contributed by atoms with Gasteiger partial charge in [0.1, 0.15) is 0 Å². The van der Waals surface area contributed by atoms with E-state index in [1.807, 2.05) is 31.3 Å². The minimum atomic E-state index is 0.757. The maximum atomic E-state index is 5.91. The van der Waals surface area contributed by atoms with Crippen molar-refractivity contribution < 1.29 is 0 Å². The van der Waals surface area contributed by atoms with Crippen molar-refractivity contribution in [1.82, 2.24) is 4.90 Å². The molecule has 0 radical (unpaired) electrons. The van der Waals surface area contributed by atoms with Gasteiger partial charge in [0.15, 0.2) is 0 Å². The maximum Gasteiger partial charge on any atom is 0.0434 e. The van der Waals surface area contributed by atoms with Gasteiger partial charge in [-0.25, -0.2) is 0 Å². The molecule has 20 heavy (non-hydrogen) atoms. The fourth-order valence-corrected chi connectivity index (χ4v) is 1.90. The lowest BCUT2D eigenvalue weighted by Crippen LogP contribution is -2.18. The van der Waals surface area contributed by atoms with Gasteiger partial charge in [0.25, 0.3) is 0 Å². The van der Waals surface area contributed by atoms with Gasteiger partial charge >= 0.3 is 0 Å². The first-order valence-corrected chi connectivity index (χ1v) is 6.94. The Morgan fingerprint density at radius 3 is 2.30 bits per heavy atom. The van der Waals surface area contributed by atoms with E-state index >= 15 is 0 Å². The summed E-state index contributed by atoms with van der Waals surface area (Å²) in [6, 6.07) is 7.89. The highest BCUT2D eigenvalue weighted by Crippen LogP contribution is 2.18. The van der Waals surface area contributed by atoms with E-state index in [-0.39, 0.29) is 0 Å². The molecule has 0 aliphatic carbocycles. The lowest BCUT2D eigenvalue weighted by Gasteiger charge is -2.23. The lowest BCUT2D eigenvalue weighted by atomic mass is 10.1. The summed E-state index contributed by atoms with van der Waals surface area (Å²) in [6.45, 7) is 12.8. The summed E-state index contributed by atoms with van der Waals surface area (Å²) in [5.41, 5.74) is 4.44. The molecule has 1 aromatic carbocycles. The highest BCUT2D eigenvalue weighted by atomic mass is 35.5. The largest absolute Gasteiger partial charge is 0.370 e. The van der Waals surface area contributed by atoms with Crippen LogP contribution in [-0.4, -0.2) is 11.9 Å². The number of allylic oxidation sites excluding steroid dienone is 4. The van der Waals surface area contributed by atoms with E-state index in [1.165, 1.54) is 11.1 Å². The number of likely N-dealkylation sites (N-methyl/N-ethyl adjacent to an activating group) is 1. The summed E-state index contributed by atoms with van der Waals surface area (Å²) in [6.07, 6.45) is 5.95. The number of nitrogens with zero attached hydrogens (tertiary/aromatic N) is 1.